The number of imide groups is 1. The summed E-state index contributed by atoms with van der Waals surface area (Å²) in [5.74, 6) is 0.282. The van der Waals surface area contributed by atoms with Gasteiger partial charge in [-0.3, -0.25) is 9.69 Å². The number of urea groups is 1. The van der Waals surface area contributed by atoms with Crippen LogP contribution in [0.25, 0.3) is 11.4 Å². The molecule has 1 N–H and O–H groups in total. The maximum Gasteiger partial charge on any atom is 0.325 e. The monoisotopic (exact) mass is 362 g/mol. The Kier molecular flexibility index (Phi) is 3.99. The number of aromatic nitrogens is 2. The number of carbonyl (C=O) groups is 2. The number of nitrogens with one attached hydrogen (secondary N) is 1. The number of aryl methyl sites for hydroxylation is 1. The van der Waals surface area contributed by atoms with Gasteiger partial charge in [0, 0.05) is 5.56 Å². The van der Waals surface area contributed by atoms with E-state index in [0.29, 0.717) is 5.82 Å². The molecule has 7 heteroatoms. The molecule has 2 heterocycles. The van der Waals surface area contributed by atoms with Crippen molar-refractivity contribution in [2.24, 2.45) is 0 Å². The third-order valence-electron chi connectivity index (χ3n) is 4.77. The van der Waals surface area contributed by atoms with Crippen LogP contribution in [0, 0.1) is 6.92 Å². The van der Waals surface area contributed by atoms with E-state index in [9.17, 15) is 9.59 Å². The summed E-state index contributed by atoms with van der Waals surface area (Å²) in [6, 6.07) is 16.3. The summed E-state index contributed by atoms with van der Waals surface area (Å²) in [5, 5.41) is 6.74. The van der Waals surface area contributed by atoms with E-state index in [1.807, 2.05) is 61.5 Å². The quantitative estimate of drug-likeness (QED) is 0.721. The van der Waals surface area contributed by atoms with E-state index in [-0.39, 0.29) is 18.3 Å². The summed E-state index contributed by atoms with van der Waals surface area (Å²) < 4.78 is 5.27. The van der Waals surface area contributed by atoms with Gasteiger partial charge in [-0.15, -0.1) is 0 Å². The number of hydrogen-bond acceptors (Lipinski definition) is 5. The molecule has 0 aliphatic carbocycles. The third-order valence-corrected chi connectivity index (χ3v) is 4.77. The maximum absolute atomic E-state index is 12.9. The molecule has 0 radical (unpaired) electrons. The first-order chi connectivity index (χ1) is 13.0. The molecule has 1 aromatic heterocycles. The van der Waals surface area contributed by atoms with Gasteiger partial charge in [0.25, 0.3) is 5.91 Å². The summed E-state index contributed by atoms with van der Waals surface area (Å²) in [7, 11) is 0. The van der Waals surface area contributed by atoms with E-state index in [2.05, 4.69) is 15.5 Å². The Morgan fingerprint density at radius 3 is 2.52 bits per heavy atom. The minimum Gasteiger partial charge on any atom is -0.337 e. The zero-order valence-electron chi connectivity index (χ0n) is 15.0. The minimum atomic E-state index is -1.11. The predicted octanol–water partition coefficient (Wildman–Crippen LogP) is 3.01. The van der Waals surface area contributed by atoms with Gasteiger partial charge < -0.3 is 9.84 Å². The van der Waals surface area contributed by atoms with Gasteiger partial charge >= 0.3 is 6.03 Å². The average molecular weight is 362 g/mol. The van der Waals surface area contributed by atoms with E-state index in [4.69, 9.17) is 4.52 Å². The molecule has 1 aliphatic heterocycles. The standard InChI is InChI=1S/C20H18N4O3/c1-13-8-6-7-11-15(13)17-21-16(27-23-17)12-24-18(25)20(2,22-19(24)26)14-9-4-3-5-10-14/h3-11H,12H2,1-2H3,(H,22,26). The lowest BCUT2D eigenvalue weighted by Crippen LogP contribution is -2.40. The van der Waals surface area contributed by atoms with Crippen LogP contribution in [-0.2, 0) is 16.9 Å². The fourth-order valence-corrected chi connectivity index (χ4v) is 3.20. The molecule has 0 bridgehead atoms. The molecule has 3 aromatic rings. The zero-order valence-corrected chi connectivity index (χ0v) is 15.0. The van der Waals surface area contributed by atoms with Crippen molar-refractivity contribution < 1.29 is 14.1 Å². The molecule has 1 fully saturated rings. The highest BCUT2D eigenvalue weighted by Crippen LogP contribution is 2.29. The second-order valence-corrected chi connectivity index (χ2v) is 6.64. The molecule has 0 saturated carbocycles. The molecule has 3 amide bonds. The Morgan fingerprint density at radius 1 is 1.07 bits per heavy atom. The molecule has 136 valence electrons. The van der Waals surface area contributed by atoms with Crippen molar-refractivity contribution in [3.8, 4) is 11.4 Å². The summed E-state index contributed by atoms with van der Waals surface area (Å²) in [6.45, 7) is 3.56. The van der Waals surface area contributed by atoms with Crippen LogP contribution in [0.1, 0.15) is 23.9 Å². The van der Waals surface area contributed by atoms with Crippen molar-refractivity contribution >= 4 is 11.9 Å². The van der Waals surface area contributed by atoms with Gasteiger partial charge in [-0.25, -0.2) is 4.79 Å². The van der Waals surface area contributed by atoms with Crippen molar-refractivity contribution in [3.63, 3.8) is 0 Å². The lowest BCUT2D eigenvalue weighted by Gasteiger charge is -2.21. The molecule has 2 aromatic carbocycles. The van der Waals surface area contributed by atoms with Gasteiger partial charge in [-0.2, -0.15) is 4.98 Å². The van der Waals surface area contributed by atoms with Gasteiger partial charge in [-0.05, 0) is 25.0 Å². The van der Waals surface area contributed by atoms with Gasteiger partial charge in [0.15, 0.2) is 0 Å². The van der Waals surface area contributed by atoms with Gasteiger partial charge in [0.05, 0.1) is 0 Å². The lowest BCUT2D eigenvalue weighted by atomic mass is 9.92. The molecule has 4 rings (SSSR count). The van der Waals surface area contributed by atoms with Crippen LogP contribution in [0.2, 0.25) is 0 Å². The van der Waals surface area contributed by atoms with E-state index < -0.39 is 11.6 Å². The molecule has 27 heavy (non-hydrogen) atoms. The molecule has 1 saturated heterocycles. The molecular weight excluding hydrogens is 344 g/mol. The lowest BCUT2D eigenvalue weighted by molar-refractivity contribution is -0.131. The molecule has 1 aliphatic rings. The summed E-state index contributed by atoms with van der Waals surface area (Å²) >= 11 is 0. The molecule has 1 unspecified atom stereocenters. The molecular formula is C20H18N4O3. The first kappa shape index (κ1) is 17.0. The second-order valence-electron chi connectivity index (χ2n) is 6.64. The number of hydrogen-bond donors (Lipinski definition) is 1. The Hall–Kier alpha value is -3.48. The zero-order chi connectivity index (χ0) is 19.0. The number of rotatable bonds is 4. The predicted molar refractivity (Wildman–Crippen MR) is 97.3 cm³/mol. The van der Waals surface area contributed by atoms with Crippen molar-refractivity contribution in [1.29, 1.82) is 0 Å². The number of benzene rings is 2. The normalized spacial score (nSPS) is 19.4. The number of carbonyl (C=O) groups excluding carboxylic acids is 2. The van der Waals surface area contributed by atoms with Gasteiger partial charge in [0.1, 0.15) is 12.1 Å². The highest BCUT2D eigenvalue weighted by atomic mass is 16.5. The summed E-state index contributed by atoms with van der Waals surface area (Å²) in [5.41, 5.74) is 1.46. The van der Waals surface area contributed by atoms with Crippen LogP contribution in [0.5, 0.6) is 0 Å². The van der Waals surface area contributed by atoms with Gasteiger partial charge in [-0.1, -0.05) is 59.8 Å². The smallest absolute Gasteiger partial charge is 0.325 e. The SMILES string of the molecule is Cc1ccccc1-c1noc(CN2C(=O)NC(C)(c3ccccc3)C2=O)n1. The van der Waals surface area contributed by atoms with Crippen molar-refractivity contribution in [2.75, 3.05) is 0 Å². The van der Waals surface area contributed by atoms with Crippen LogP contribution in [-0.4, -0.2) is 27.0 Å². The van der Waals surface area contributed by atoms with E-state index in [0.717, 1.165) is 21.6 Å². The molecule has 0 spiro atoms. The average Bonchev–Trinajstić information content (AvgIpc) is 3.22. The number of nitrogens with zero attached hydrogens (tertiary/aromatic N) is 3. The van der Waals surface area contributed by atoms with Crippen molar-refractivity contribution in [1.82, 2.24) is 20.4 Å². The second kappa shape index (κ2) is 6.35. The van der Waals surface area contributed by atoms with Crippen LogP contribution in [0.15, 0.2) is 59.1 Å². The highest BCUT2D eigenvalue weighted by Gasteiger charge is 2.49. The van der Waals surface area contributed by atoms with Crippen LogP contribution in [0.3, 0.4) is 0 Å². The van der Waals surface area contributed by atoms with Crippen LogP contribution >= 0.6 is 0 Å². The third kappa shape index (κ3) is 2.87. The van der Waals surface area contributed by atoms with E-state index in [1.165, 1.54) is 0 Å². The summed E-state index contributed by atoms with van der Waals surface area (Å²) in [4.78, 5) is 30.8. The first-order valence-electron chi connectivity index (χ1n) is 8.57. The topological polar surface area (TPSA) is 88.3 Å². The minimum absolute atomic E-state index is 0.0774. The van der Waals surface area contributed by atoms with Crippen LogP contribution < -0.4 is 5.32 Å². The van der Waals surface area contributed by atoms with E-state index >= 15 is 0 Å². The largest absolute Gasteiger partial charge is 0.337 e. The van der Waals surface area contributed by atoms with E-state index in [1.54, 1.807) is 6.92 Å². The Bertz CT molecular complexity index is 1010. The number of amides is 3. The summed E-state index contributed by atoms with van der Waals surface area (Å²) in [6.07, 6.45) is 0. The van der Waals surface area contributed by atoms with Gasteiger partial charge in [0.2, 0.25) is 11.7 Å². The first-order valence-corrected chi connectivity index (χ1v) is 8.57. The van der Waals surface area contributed by atoms with Crippen molar-refractivity contribution in [3.05, 3.63) is 71.6 Å². The Morgan fingerprint density at radius 2 is 1.78 bits per heavy atom. The molecule has 1 atom stereocenters. The van der Waals surface area contributed by atoms with Crippen LogP contribution in [0.4, 0.5) is 4.79 Å². The molecule has 7 nitrogen and oxygen atoms in total. The van der Waals surface area contributed by atoms with Crippen molar-refractivity contribution in [2.45, 2.75) is 25.9 Å². The highest BCUT2D eigenvalue weighted by molar-refractivity contribution is 6.07. The fraction of sp³-hybridized carbons (Fsp3) is 0.200. The maximum atomic E-state index is 12.9. The Labute approximate surface area is 156 Å². The Balaban J connectivity index is 1.58. The fourth-order valence-electron chi connectivity index (χ4n) is 3.20.